The van der Waals surface area contributed by atoms with E-state index in [4.69, 9.17) is 9.47 Å². The standard InChI is InChI=1S/C19H20N4O4S/c1-26-15-4-6-17(7-5-15)28(24,25)23-10-9-22-14-21-18(19(22)12-23)13-27-16-3-2-8-20-11-16/h2-8,11,14H,9-10,12-13H2,1H3. The summed E-state index contributed by atoms with van der Waals surface area (Å²) in [6.45, 7) is 1.44. The zero-order valence-corrected chi connectivity index (χ0v) is 16.2. The van der Waals surface area contributed by atoms with Crippen LogP contribution in [-0.2, 0) is 29.7 Å². The minimum atomic E-state index is -3.61. The molecule has 4 rings (SSSR count). The SMILES string of the molecule is COc1ccc(S(=O)(=O)N2CCn3cnc(COc4cccnc4)c3C2)cc1. The number of ether oxygens (including phenoxy) is 2. The Kier molecular flexibility index (Phi) is 5.01. The van der Waals surface area contributed by atoms with Gasteiger partial charge >= 0.3 is 0 Å². The molecule has 1 aromatic carbocycles. The second kappa shape index (κ2) is 7.61. The molecule has 0 radical (unpaired) electrons. The molecular formula is C19H20N4O4S. The van der Waals surface area contributed by atoms with Crippen molar-refractivity contribution in [3.05, 3.63) is 66.5 Å². The van der Waals surface area contributed by atoms with Gasteiger partial charge in [0, 0.05) is 19.3 Å². The first-order chi connectivity index (χ1) is 13.6. The van der Waals surface area contributed by atoms with Gasteiger partial charge in [-0.15, -0.1) is 0 Å². The summed E-state index contributed by atoms with van der Waals surface area (Å²) in [5.41, 5.74) is 1.56. The number of hydrogen-bond donors (Lipinski definition) is 0. The lowest BCUT2D eigenvalue weighted by molar-refractivity contribution is 0.291. The van der Waals surface area contributed by atoms with Crippen molar-refractivity contribution in [2.45, 2.75) is 24.6 Å². The number of nitrogens with zero attached hydrogens (tertiary/aromatic N) is 4. The van der Waals surface area contributed by atoms with E-state index in [1.807, 2.05) is 10.6 Å². The number of benzene rings is 1. The number of methoxy groups -OCH3 is 1. The van der Waals surface area contributed by atoms with Crippen molar-refractivity contribution in [1.29, 1.82) is 0 Å². The van der Waals surface area contributed by atoms with Gasteiger partial charge in [0.1, 0.15) is 23.8 Å². The molecule has 0 amide bonds. The zero-order valence-electron chi connectivity index (χ0n) is 15.4. The van der Waals surface area contributed by atoms with E-state index in [0.717, 1.165) is 11.4 Å². The molecule has 1 aliphatic rings. The summed E-state index contributed by atoms with van der Waals surface area (Å²) in [5, 5.41) is 0. The lowest BCUT2D eigenvalue weighted by Gasteiger charge is -2.28. The number of rotatable bonds is 6. The van der Waals surface area contributed by atoms with Crippen molar-refractivity contribution in [3.63, 3.8) is 0 Å². The highest BCUT2D eigenvalue weighted by atomic mass is 32.2. The zero-order chi connectivity index (χ0) is 19.6. The Bertz CT molecular complexity index is 1050. The number of pyridine rings is 1. The first-order valence-corrected chi connectivity index (χ1v) is 10.2. The predicted molar refractivity (Wildman–Crippen MR) is 101 cm³/mol. The highest BCUT2D eigenvalue weighted by Gasteiger charge is 2.30. The van der Waals surface area contributed by atoms with Crippen LogP contribution < -0.4 is 9.47 Å². The lowest BCUT2D eigenvalue weighted by atomic mass is 10.3. The molecule has 146 valence electrons. The van der Waals surface area contributed by atoms with Gasteiger partial charge in [0.2, 0.25) is 10.0 Å². The van der Waals surface area contributed by atoms with E-state index in [2.05, 4.69) is 9.97 Å². The summed E-state index contributed by atoms with van der Waals surface area (Å²) in [6.07, 6.45) is 5.03. The highest BCUT2D eigenvalue weighted by molar-refractivity contribution is 7.89. The Morgan fingerprint density at radius 3 is 2.64 bits per heavy atom. The fourth-order valence-corrected chi connectivity index (χ4v) is 4.49. The minimum absolute atomic E-state index is 0.245. The summed E-state index contributed by atoms with van der Waals surface area (Å²) in [4.78, 5) is 8.66. The van der Waals surface area contributed by atoms with Crippen molar-refractivity contribution in [2.24, 2.45) is 0 Å². The third-order valence-corrected chi connectivity index (χ3v) is 6.52. The van der Waals surface area contributed by atoms with Crippen LogP contribution >= 0.6 is 0 Å². The van der Waals surface area contributed by atoms with Gasteiger partial charge in [0.05, 0.1) is 36.8 Å². The Hall–Kier alpha value is -2.91. The van der Waals surface area contributed by atoms with E-state index in [0.29, 0.717) is 24.6 Å². The molecule has 0 fully saturated rings. The molecular weight excluding hydrogens is 380 g/mol. The first-order valence-electron chi connectivity index (χ1n) is 8.78. The van der Waals surface area contributed by atoms with Crippen molar-refractivity contribution < 1.29 is 17.9 Å². The Balaban J connectivity index is 1.52. The second-order valence-electron chi connectivity index (χ2n) is 6.32. The molecule has 0 aliphatic carbocycles. The molecule has 0 N–H and O–H groups in total. The predicted octanol–water partition coefficient (Wildman–Crippen LogP) is 2.07. The molecule has 28 heavy (non-hydrogen) atoms. The normalized spacial score (nSPS) is 14.5. The Morgan fingerprint density at radius 1 is 1.11 bits per heavy atom. The number of fused-ring (bicyclic) bond motifs is 1. The van der Waals surface area contributed by atoms with Crippen LogP contribution in [-0.4, -0.2) is 40.9 Å². The van der Waals surface area contributed by atoms with Gasteiger partial charge in [-0.3, -0.25) is 4.98 Å². The van der Waals surface area contributed by atoms with Crippen molar-refractivity contribution in [1.82, 2.24) is 18.8 Å². The molecule has 0 spiro atoms. The van der Waals surface area contributed by atoms with E-state index in [9.17, 15) is 8.42 Å². The van der Waals surface area contributed by atoms with Gasteiger partial charge in [-0.1, -0.05) is 0 Å². The minimum Gasteiger partial charge on any atom is -0.497 e. The van der Waals surface area contributed by atoms with E-state index in [1.165, 1.54) is 4.31 Å². The van der Waals surface area contributed by atoms with Gasteiger partial charge in [0.25, 0.3) is 0 Å². The topological polar surface area (TPSA) is 86.6 Å². The van der Waals surface area contributed by atoms with Crippen LogP contribution in [0.3, 0.4) is 0 Å². The number of hydrogen-bond acceptors (Lipinski definition) is 6. The van der Waals surface area contributed by atoms with Crippen LogP contribution in [0.1, 0.15) is 11.4 Å². The number of aromatic nitrogens is 3. The van der Waals surface area contributed by atoms with Crippen LogP contribution in [0, 0.1) is 0 Å². The van der Waals surface area contributed by atoms with Gasteiger partial charge in [0.15, 0.2) is 0 Å². The van der Waals surface area contributed by atoms with Crippen molar-refractivity contribution in [3.8, 4) is 11.5 Å². The summed E-state index contributed by atoms with van der Waals surface area (Å²) in [6, 6.07) is 10.0. The lowest BCUT2D eigenvalue weighted by Crippen LogP contribution is -2.38. The second-order valence-corrected chi connectivity index (χ2v) is 8.26. The Morgan fingerprint density at radius 2 is 1.93 bits per heavy atom. The highest BCUT2D eigenvalue weighted by Crippen LogP contribution is 2.25. The van der Waals surface area contributed by atoms with E-state index in [-0.39, 0.29) is 18.0 Å². The molecule has 3 aromatic rings. The number of imidazole rings is 1. The summed E-state index contributed by atoms with van der Waals surface area (Å²) >= 11 is 0. The van der Waals surface area contributed by atoms with Crippen LogP contribution in [0.4, 0.5) is 0 Å². The van der Waals surface area contributed by atoms with Crippen LogP contribution in [0.25, 0.3) is 0 Å². The molecule has 0 atom stereocenters. The third-order valence-electron chi connectivity index (χ3n) is 4.66. The molecule has 0 saturated heterocycles. The van der Waals surface area contributed by atoms with Gasteiger partial charge in [-0.05, 0) is 36.4 Å². The van der Waals surface area contributed by atoms with Gasteiger partial charge in [-0.2, -0.15) is 4.31 Å². The van der Waals surface area contributed by atoms with E-state index in [1.54, 1.807) is 56.2 Å². The molecule has 2 aromatic heterocycles. The fourth-order valence-electron chi connectivity index (χ4n) is 3.10. The molecule has 9 heteroatoms. The average molecular weight is 400 g/mol. The first kappa shape index (κ1) is 18.5. The number of sulfonamides is 1. The third kappa shape index (κ3) is 3.58. The average Bonchev–Trinajstić information content (AvgIpc) is 3.15. The maximum Gasteiger partial charge on any atom is 0.243 e. The molecule has 8 nitrogen and oxygen atoms in total. The van der Waals surface area contributed by atoms with Gasteiger partial charge in [-0.25, -0.2) is 13.4 Å². The molecule has 1 aliphatic heterocycles. The van der Waals surface area contributed by atoms with Crippen molar-refractivity contribution in [2.75, 3.05) is 13.7 Å². The summed E-state index contributed by atoms with van der Waals surface area (Å²) in [7, 11) is -2.06. The quantitative estimate of drug-likeness (QED) is 0.630. The van der Waals surface area contributed by atoms with Crippen molar-refractivity contribution >= 4 is 10.0 Å². The van der Waals surface area contributed by atoms with Crippen LogP contribution in [0.15, 0.2) is 60.0 Å². The molecule has 0 bridgehead atoms. The largest absolute Gasteiger partial charge is 0.497 e. The smallest absolute Gasteiger partial charge is 0.243 e. The van der Waals surface area contributed by atoms with E-state index >= 15 is 0 Å². The maximum atomic E-state index is 13.0. The van der Waals surface area contributed by atoms with Gasteiger partial charge < -0.3 is 14.0 Å². The maximum absolute atomic E-state index is 13.0. The Labute approximate surface area is 163 Å². The van der Waals surface area contributed by atoms with E-state index < -0.39 is 10.0 Å². The fraction of sp³-hybridized carbons (Fsp3) is 0.263. The van der Waals surface area contributed by atoms with Crippen LogP contribution in [0.5, 0.6) is 11.5 Å². The molecule has 0 saturated carbocycles. The molecule has 3 heterocycles. The summed E-state index contributed by atoms with van der Waals surface area (Å²) < 4.78 is 40.3. The van der Waals surface area contributed by atoms with Crippen LogP contribution in [0.2, 0.25) is 0 Å². The monoisotopic (exact) mass is 400 g/mol. The summed E-state index contributed by atoms with van der Waals surface area (Å²) in [5.74, 6) is 1.26. The molecule has 0 unspecified atom stereocenters.